The maximum absolute atomic E-state index is 14.0. The Balaban J connectivity index is 1.36. The van der Waals surface area contributed by atoms with E-state index in [0.29, 0.717) is 10.9 Å². The average Bonchev–Trinajstić information content (AvgIpc) is 3.74. The number of nitrogens with one attached hydrogen (secondary N) is 1. The number of carbonyl (C=O) groups is 3. The van der Waals surface area contributed by atoms with Crippen LogP contribution in [0, 0.1) is 11.8 Å². The minimum atomic E-state index is -1.14. The van der Waals surface area contributed by atoms with E-state index in [1.807, 2.05) is 12.2 Å². The van der Waals surface area contributed by atoms with Gasteiger partial charge in [0.15, 0.2) is 0 Å². The molecule has 2 N–H and O–H groups in total. The molecule has 0 radical (unpaired) electrons. The fourth-order valence-electron chi connectivity index (χ4n) is 7.15. The number of carboxylic acids is 1. The number of fused-ring (bicyclic) bond motifs is 5. The lowest BCUT2D eigenvalue weighted by Crippen LogP contribution is -2.55. The third kappa shape index (κ3) is 5.73. The van der Waals surface area contributed by atoms with Gasteiger partial charge in [-0.1, -0.05) is 37.1 Å². The van der Waals surface area contributed by atoms with Crippen molar-refractivity contribution in [3.05, 3.63) is 46.8 Å². The van der Waals surface area contributed by atoms with Crippen LogP contribution in [0.2, 0.25) is 0 Å². The minimum Gasteiger partial charge on any atom is -0.480 e. The first-order chi connectivity index (χ1) is 20.4. The molecule has 4 aliphatic rings. The van der Waals surface area contributed by atoms with Gasteiger partial charge in [-0.3, -0.25) is 14.2 Å². The van der Waals surface area contributed by atoms with E-state index in [9.17, 15) is 24.3 Å². The average molecular weight is 579 g/mol. The number of carbonyl (C=O) groups excluding carboxylic acids is 2. The van der Waals surface area contributed by atoms with Crippen LogP contribution in [0.15, 0.2) is 41.2 Å². The van der Waals surface area contributed by atoms with Crippen molar-refractivity contribution >= 4 is 28.9 Å². The lowest BCUT2D eigenvalue weighted by Gasteiger charge is -2.31. The highest BCUT2D eigenvalue weighted by Gasteiger charge is 2.46. The van der Waals surface area contributed by atoms with Crippen LogP contribution >= 0.6 is 0 Å². The van der Waals surface area contributed by atoms with Gasteiger partial charge in [-0.25, -0.2) is 9.59 Å². The number of ether oxygens (including phenoxy) is 2. The molecule has 2 bridgehead atoms. The zero-order chi connectivity index (χ0) is 29.2. The molecule has 3 heterocycles. The normalized spacial score (nSPS) is 30.0. The second-order valence-corrected chi connectivity index (χ2v) is 12.0. The minimum absolute atomic E-state index is 0.00101. The second-order valence-electron chi connectivity index (χ2n) is 12.0. The molecule has 224 valence electrons. The Morgan fingerprint density at radius 2 is 1.74 bits per heavy atom. The summed E-state index contributed by atoms with van der Waals surface area (Å²) in [5.41, 5.74) is 0.237. The maximum atomic E-state index is 14.0. The summed E-state index contributed by atoms with van der Waals surface area (Å²) < 4.78 is 13.6. The summed E-state index contributed by atoms with van der Waals surface area (Å²) in [6.07, 6.45) is 10.2. The summed E-state index contributed by atoms with van der Waals surface area (Å²) in [5, 5.41) is 13.4. The van der Waals surface area contributed by atoms with Gasteiger partial charge >= 0.3 is 12.1 Å². The number of aromatic nitrogens is 2. The molecule has 42 heavy (non-hydrogen) atoms. The van der Waals surface area contributed by atoms with E-state index in [4.69, 9.17) is 9.47 Å². The van der Waals surface area contributed by atoms with Gasteiger partial charge in [0.05, 0.1) is 17.4 Å². The molecule has 11 heteroatoms. The van der Waals surface area contributed by atoms with Crippen LogP contribution in [-0.2, 0) is 20.9 Å². The van der Waals surface area contributed by atoms with E-state index in [1.54, 1.807) is 24.3 Å². The van der Waals surface area contributed by atoms with Crippen LogP contribution in [0.1, 0.15) is 64.2 Å². The Kier molecular flexibility index (Phi) is 8.17. The molecule has 6 rings (SSSR count). The van der Waals surface area contributed by atoms with Crippen LogP contribution in [0.5, 0.6) is 6.01 Å². The fourth-order valence-corrected chi connectivity index (χ4v) is 7.15. The molecule has 5 atom stereocenters. The highest BCUT2D eigenvalue weighted by atomic mass is 16.6. The Labute approximate surface area is 243 Å². The van der Waals surface area contributed by atoms with E-state index in [0.717, 1.165) is 57.8 Å². The largest absolute Gasteiger partial charge is 0.480 e. The number of aliphatic carboxylic acids is 1. The van der Waals surface area contributed by atoms with Crippen LogP contribution < -0.4 is 15.6 Å². The van der Waals surface area contributed by atoms with E-state index in [-0.39, 0.29) is 49.0 Å². The van der Waals surface area contributed by atoms with Crippen molar-refractivity contribution in [2.45, 2.75) is 95.0 Å². The maximum Gasteiger partial charge on any atom is 0.408 e. The number of carboxylic acid groups (broad SMARTS) is 1. The number of amides is 2. The fraction of sp³-hybridized carbons (Fsp3) is 0.581. The van der Waals surface area contributed by atoms with Gasteiger partial charge in [0.25, 0.3) is 11.6 Å². The molecule has 2 aliphatic heterocycles. The molecule has 3 fully saturated rings. The summed E-state index contributed by atoms with van der Waals surface area (Å²) >= 11 is 0. The van der Waals surface area contributed by atoms with Crippen molar-refractivity contribution in [1.29, 1.82) is 0 Å². The smallest absolute Gasteiger partial charge is 0.408 e. The van der Waals surface area contributed by atoms with Gasteiger partial charge in [0.2, 0.25) is 5.91 Å². The SMILES string of the molecule is O=C1N[C@@H](C2CCCC2)C(=O)N2C[C@@H](CC2C(=O)O)Oc2nc3ccccc3c(=O)n2C/C=C/CC[C@@H]2CCC[C@H]2O1. The Bertz CT molecular complexity index is 1430. The zero-order valence-corrected chi connectivity index (χ0v) is 23.7. The van der Waals surface area contributed by atoms with E-state index >= 15 is 0 Å². The lowest BCUT2D eigenvalue weighted by atomic mass is 9.96. The summed E-state index contributed by atoms with van der Waals surface area (Å²) in [7, 11) is 0. The number of hydrogen-bond donors (Lipinski definition) is 2. The van der Waals surface area contributed by atoms with Crippen molar-refractivity contribution in [2.24, 2.45) is 11.8 Å². The first kappa shape index (κ1) is 28.2. The third-order valence-electron chi connectivity index (χ3n) is 9.35. The van der Waals surface area contributed by atoms with Crippen LogP contribution in [0.3, 0.4) is 0 Å². The molecule has 2 aliphatic carbocycles. The Hall–Kier alpha value is -3.89. The highest BCUT2D eigenvalue weighted by Crippen LogP contribution is 2.34. The van der Waals surface area contributed by atoms with Gasteiger partial charge in [0.1, 0.15) is 24.3 Å². The zero-order valence-electron chi connectivity index (χ0n) is 23.7. The quantitative estimate of drug-likeness (QED) is 0.515. The van der Waals surface area contributed by atoms with Crippen LogP contribution in [0.4, 0.5) is 4.79 Å². The predicted octanol–water partition coefficient (Wildman–Crippen LogP) is 3.63. The number of para-hydroxylation sites is 1. The molecule has 2 saturated carbocycles. The number of hydrogen-bond acceptors (Lipinski definition) is 7. The van der Waals surface area contributed by atoms with Crippen molar-refractivity contribution in [3.63, 3.8) is 0 Å². The van der Waals surface area contributed by atoms with Gasteiger partial charge in [-0.2, -0.15) is 4.98 Å². The van der Waals surface area contributed by atoms with E-state index < -0.39 is 36.2 Å². The summed E-state index contributed by atoms with van der Waals surface area (Å²) in [4.78, 5) is 58.9. The molecule has 2 aromatic rings. The standard InChI is InChI=1S/C31H38N4O7/c36-27-22-13-5-6-14-23(22)32-30-34(27)16-7-1-2-9-19-12-8-15-25(19)42-31(40)33-26(20-10-3-4-11-20)28(37)35-18-21(41-30)17-24(35)29(38)39/h1,5-7,13-14,19-21,24-26H,2-4,8-12,15-18H2,(H,33,40)(H,38,39)/b7-1+/t19-,21-,24?,25-,26+/m1/s1. The molecule has 1 aromatic carbocycles. The molecular formula is C31H38N4O7. The second kappa shape index (κ2) is 12.1. The molecule has 1 saturated heterocycles. The molecule has 0 spiro atoms. The van der Waals surface area contributed by atoms with E-state index in [1.165, 1.54) is 9.47 Å². The summed E-state index contributed by atoms with van der Waals surface area (Å²) in [6.45, 7) is 0.236. The van der Waals surface area contributed by atoms with Crippen molar-refractivity contribution < 1.29 is 29.0 Å². The third-order valence-corrected chi connectivity index (χ3v) is 9.35. The van der Waals surface area contributed by atoms with E-state index in [2.05, 4.69) is 10.3 Å². The van der Waals surface area contributed by atoms with Crippen molar-refractivity contribution in [2.75, 3.05) is 6.54 Å². The highest BCUT2D eigenvalue weighted by molar-refractivity contribution is 5.90. The number of benzene rings is 1. The summed E-state index contributed by atoms with van der Waals surface area (Å²) in [6, 6.07) is 5.13. The topological polar surface area (TPSA) is 140 Å². The predicted molar refractivity (Wildman–Crippen MR) is 153 cm³/mol. The Morgan fingerprint density at radius 1 is 0.952 bits per heavy atom. The van der Waals surface area contributed by atoms with Crippen LogP contribution in [-0.4, -0.2) is 68.4 Å². The number of nitrogens with zero attached hydrogens (tertiary/aromatic N) is 3. The van der Waals surface area contributed by atoms with Gasteiger partial charge in [-0.15, -0.1) is 0 Å². The number of allylic oxidation sites excluding steroid dienone is 2. The number of rotatable bonds is 2. The summed E-state index contributed by atoms with van der Waals surface area (Å²) in [5.74, 6) is -1.47. The van der Waals surface area contributed by atoms with Crippen molar-refractivity contribution in [1.82, 2.24) is 19.8 Å². The number of alkyl carbamates (subject to hydrolysis) is 1. The Morgan fingerprint density at radius 3 is 2.55 bits per heavy atom. The molecule has 2 amide bonds. The van der Waals surface area contributed by atoms with Gasteiger partial charge in [-0.05, 0) is 68.9 Å². The van der Waals surface area contributed by atoms with Gasteiger partial charge in [0, 0.05) is 13.0 Å². The molecule has 1 aromatic heterocycles. The first-order valence-electron chi connectivity index (χ1n) is 15.2. The molecular weight excluding hydrogens is 540 g/mol. The monoisotopic (exact) mass is 578 g/mol. The van der Waals surface area contributed by atoms with Crippen molar-refractivity contribution in [3.8, 4) is 6.01 Å². The lowest BCUT2D eigenvalue weighted by molar-refractivity contribution is -0.149. The molecule has 11 nitrogen and oxygen atoms in total. The first-order valence-corrected chi connectivity index (χ1v) is 15.2. The molecule has 1 unspecified atom stereocenters. The van der Waals surface area contributed by atoms with Gasteiger partial charge < -0.3 is 24.8 Å². The van der Waals surface area contributed by atoms with Crippen LogP contribution in [0.25, 0.3) is 10.9 Å².